The molecule has 0 heterocycles. The van der Waals surface area contributed by atoms with Gasteiger partial charge in [0.15, 0.2) is 5.78 Å². The highest BCUT2D eigenvalue weighted by atomic mass is 16.5. The zero-order chi connectivity index (χ0) is 18.9. The fourth-order valence-electron chi connectivity index (χ4n) is 2.40. The number of benzene rings is 2. The number of amides is 1. The lowest BCUT2D eigenvalue weighted by Crippen LogP contribution is -2.15. The van der Waals surface area contributed by atoms with Crippen LogP contribution >= 0.6 is 0 Å². The van der Waals surface area contributed by atoms with Gasteiger partial charge in [-0.3, -0.25) is 14.4 Å². The Bertz CT molecular complexity index is 800. The number of ether oxygens (including phenoxy) is 1. The van der Waals surface area contributed by atoms with Crippen molar-refractivity contribution < 1.29 is 24.2 Å². The number of anilines is 1. The molecule has 6 heteroatoms. The summed E-state index contributed by atoms with van der Waals surface area (Å²) < 4.78 is 5.56. The van der Waals surface area contributed by atoms with Gasteiger partial charge in [-0.1, -0.05) is 30.3 Å². The first-order valence-corrected chi connectivity index (χ1v) is 8.29. The van der Waals surface area contributed by atoms with Gasteiger partial charge in [-0.05, 0) is 37.1 Å². The fraction of sp³-hybridized carbons (Fsp3) is 0.250. The molecule has 0 aliphatic rings. The van der Waals surface area contributed by atoms with Crippen LogP contribution in [0.15, 0.2) is 48.5 Å². The second-order valence-corrected chi connectivity index (χ2v) is 5.81. The molecule has 0 aliphatic carbocycles. The summed E-state index contributed by atoms with van der Waals surface area (Å²) in [5.74, 6) is -0.600. The predicted molar refractivity (Wildman–Crippen MR) is 97.6 cm³/mol. The summed E-state index contributed by atoms with van der Waals surface area (Å²) >= 11 is 0. The molecule has 0 unspecified atom stereocenters. The van der Waals surface area contributed by atoms with E-state index in [0.29, 0.717) is 35.6 Å². The van der Waals surface area contributed by atoms with Crippen molar-refractivity contribution in [3.8, 4) is 5.75 Å². The number of Topliss-reactive ketones (excluding diaryl/α,β-unsaturated/α-hetero) is 1. The average molecular weight is 355 g/mol. The van der Waals surface area contributed by atoms with Gasteiger partial charge in [0, 0.05) is 17.7 Å². The molecule has 26 heavy (non-hydrogen) atoms. The van der Waals surface area contributed by atoms with Crippen LogP contribution in [0.5, 0.6) is 5.75 Å². The van der Waals surface area contributed by atoms with E-state index in [1.54, 1.807) is 48.5 Å². The Kier molecular flexibility index (Phi) is 6.91. The number of hydrogen-bond donors (Lipinski definition) is 2. The number of carboxylic acid groups (broad SMARTS) is 1. The highest BCUT2D eigenvalue weighted by Crippen LogP contribution is 2.17. The first kappa shape index (κ1) is 19.2. The molecule has 0 radical (unpaired) electrons. The summed E-state index contributed by atoms with van der Waals surface area (Å²) in [4.78, 5) is 34.3. The number of ketones is 1. The molecule has 0 aromatic heterocycles. The van der Waals surface area contributed by atoms with Gasteiger partial charge in [0.25, 0.3) is 0 Å². The van der Waals surface area contributed by atoms with E-state index in [4.69, 9.17) is 9.84 Å². The smallest absolute Gasteiger partial charge is 0.307 e. The molecule has 0 atom stereocenters. The Morgan fingerprint density at radius 3 is 2.58 bits per heavy atom. The van der Waals surface area contributed by atoms with E-state index in [2.05, 4.69) is 5.32 Å². The lowest BCUT2D eigenvalue weighted by Gasteiger charge is -2.10. The van der Waals surface area contributed by atoms with Gasteiger partial charge in [-0.2, -0.15) is 0 Å². The number of rotatable bonds is 9. The lowest BCUT2D eigenvalue weighted by atomic mass is 10.1. The van der Waals surface area contributed by atoms with Crippen molar-refractivity contribution in [2.75, 3.05) is 11.9 Å². The van der Waals surface area contributed by atoms with Crippen molar-refractivity contribution in [2.24, 2.45) is 0 Å². The molecular weight excluding hydrogens is 334 g/mol. The Hall–Kier alpha value is -3.15. The largest absolute Gasteiger partial charge is 0.494 e. The topological polar surface area (TPSA) is 92.7 Å². The summed E-state index contributed by atoms with van der Waals surface area (Å²) in [5.41, 5.74) is 1.65. The molecule has 0 saturated carbocycles. The number of carbonyl (C=O) groups is 3. The minimum absolute atomic E-state index is 0.0325. The second-order valence-electron chi connectivity index (χ2n) is 5.81. The normalized spacial score (nSPS) is 10.2. The zero-order valence-electron chi connectivity index (χ0n) is 14.5. The number of para-hydroxylation sites is 1. The molecule has 2 aromatic rings. The molecule has 136 valence electrons. The maximum absolute atomic E-state index is 12.0. The van der Waals surface area contributed by atoms with Crippen LogP contribution < -0.4 is 10.1 Å². The Labute approximate surface area is 151 Å². The molecule has 0 fully saturated rings. The third-order valence-electron chi connectivity index (χ3n) is 3.69. The number of carboxylic acids is 1. The van der Waals surface area contributed by atoms with Crippen LogP contribution in [0, 0.1) is 0 Å². The van der Waals surface area contributed by atoms with Crippen LogP contribution in [0.25, 0.3) is 0 Å². The summed E-state index contributed by atoms with van der Waals surface area (Å²) in [6.45, 7) is 1.83. The van der Waals surface area contributed by atoms with Gasteiger partial charge < -0.3 is 15.2 Å². The summed E-state index contributed by atoms with van der Waals surface area (Å²) in [7, 11) is 0. The van der Waals surface area contributed by atoms with E-state index >= 15 is 0 Å². The quantitative estimate of drug-likeness (QED) is 0.532. The molecule has 6 nitrogen and oxygen atoms in total. The first-order chi connectivity index (χ1) is 12.5. The van der Waals surface area contributed by atoms with E-state index in [9.17, 15) is 14.4 Å². The molecule has 2 rings (SSSR count). The van der Waals surface area contributed by atoms with Crippen molar-refractivity contribution in [1.29, 1.82) is 0 Å². The van der Waals surface area contributed by atoms with Gasteiger partial charge in [-0.15, -0.1) is 0 Å². The molecule has 2 N–H and O–H groups in total. The fourth-order valence-corrected chi connectivity index (χ4v) is 2.40. The lowest BCUT2D eigenvalue weighted by molar-refractivity contribution is -0.136. The molecule has 0 spiro atoms. The second kappa shape index (κ2) is 9.36. The Morgan fingerprint density at radius 2 is 1.85 bits per heavy atom. The molecule has 1 amide bonds. The van der Waals surface area contributed by atoms with Gasteiger partial charge in [-0.25, -0.2) is 0 Å². The van der Waals surface area contributed by atoms with Crippen LogP contribution in [0.3, 0.4) is 0 Å². The number of hydrogen-bond acceptors (Lipinski definition) is 4. The highest BCUT2D eigenvalue weighted by Gasteiger charge is 2.09. The van der Waals surface area contributed by atoms with Gasteiger partial charge in [0.05, 0.1) is 13.0 Å². The third-order valence-corrected chi connectivity index (χ3v) is 3.69. The van der Waals surface area contributed by atoms with Crippen LogP contribution in [-0.2, 0) is 16.0 Å². The van der Waals surface area contributed by atoms with Crippen LogP contribution in [-0.4, -0.2) is 29.4 Å². The van der Waals surface area contributed by atoms with Crippen molar-refractivity contribution in [1.82, 2.24) is 0 Å². The van der Waals surface area contributed by atoms with Gasteiger partial charge in [0.2, 0.25) is 5.91 Å². The number of aliphatic carboxylic acids is 1. The van der Waals surface area contributed by atoms with E-state index in [1.807, 2.05) is 0 Å². The van der Waals surface area contributed by atoms with Crippen LogP contribution in [0.2, 0.25) is 0 Å². The molecule has 0 bridgehead atoms. The third kappa shape index (κ3) is 6.05. The number of carbonyl (C=O) groups excluding carboxylic acids is 2. The molecule has 0 aliphatic heterocycles. The molecule has 0 saturated heterocycles. The van der Waals surface area contributed by atoms with Gasteiger partial charge in [0.1, 0.15) is 5.75 Å². The molecule has 2 aromatic carbocycles. The van der Waals surface area contributed by atoms with E-state index < -0.39 is 5.97 Å². The zero-order valence-corrected chi connectivity index (χ0v) is 14.5. The summed E-state index contributed by atoms with van der Waals surface area (Å²) in [6, 6.07) is 13.7. The van der Waals surface area contributed by atoms with Crippen molar-refractivity contribution in [2.45, 2.75) is 26.2 Å². The summed E-state index contributed by atoms with van der Waals surface area (Å²) in [6.07, 6.45) is 0.594. The Balaban J connectivity index is 1.80. The average Bonchev–Trinajstić information content (AvgIpc) is 2.60. The first-order valence-electron chi connectivity index (χ1n) is 8.29. The minimum Gasteiger partial charge on any atom is -0.494 e. The monoisotopic (exact) mass is 355 g/mol. The minimum atomic E-state index is -0.951. The van der Waals surface area contributed by atoms with E-state index in [-0.39, 0.29) is 24.5 Å². The summed E-state index contributed by atoms with van der Waals surface area (Å²) in [5, 5.41) is 11.6. The van der Waals surface area contributed by atoms with Crippen molar-refractivity contribution >= 4 is 23.3 Å². The van der Waals surface area contributed by atoms with Crippen LogP contribution in [0.4, 0.5) is 5.69 Å². The van der Waals surface area contributed by atoms with Crippen molar-refractivity contribution in [3.05, 3.63) is 59.7 Å². The van der Waals surface area contributed by atoms with Crippen LogP contribution in [0.1, 0.15) is 35.7 Å². The standard InChI is InChI=1S/C20H21NO5/c1-14(22)15-7-4-8-17(12-15)26-11-5-10-19(23)21-18-9-3-2-6-16(18)13-20(24)25/h2-4,6-9,12H,5,10-11,13H2,1H3,(H,21,23)(H,24,25). The molecular formula is C20H21NO5. The number of nitrogens with one attached hydrogen (secondary N) is 1. The van der Waals surface area contributed by atoms with E-state index in [0.717, 1.165) is 0 Å². The highest BCUT2D eigenvalue weighted by molar-refractivity contribution is 5.94. The van der Waals surface area contributed by atoms with Crippen molar-refractivity contribution in [3.63, 3.8) is 0 Å². The predicted octanol–water partition coefficient (Wildman–Crippen LogP) is 3.31. The SMILES string of the molecule is CC(=O)c1cccc(OCCCC(=O)Nc2ccccc2CC(=O)O)c1. The Morgan fingerprint density at radius 1 is 1.08 bits per heavy atom. The maximum Gasteiger partial charge on any atom is 0.307 e. The maximum atomic E-state index is 12.0. The van der Waals surface area contributed by atoms with Gasteiger partial charge >= 0.3 is 5.97 Å². The van der Waals surface area contributed by atoms with E-state index in [1.165, 1.54) is 6.92 Å².